The smallest absolute Gasteiger partial charge is 0.307 e. The van der Waals surface area contributed by atoms with Crippen molar-refractivity contribution in [3.05, 3.63) is 29.8 Å². The minimum absolute atomic E-state index is 0.0510. The van der Waals surface area contributed by atoms with E-state index in [1.54, 1.807) is 0 Å². The van der Waals surface area contributed by atoms with E-state index in [0.717, 1.165) is 45.2 Å². The molecule has 2 fully saturated rings. The number of carbonyl (C=O) groups is 2. The van der Waals surface area contributed by atoms with E-state index >= 15 is 0 Å². The van der Waals surface area contributed by atoms with Gasteiger partial charge in [0.25, 0.3) is 0 Å². The van der Waals surface area contributed by atoms with E-state index < -0.39 is 11.9 Å². The second kappa shape index (κ2) is 8.56. The van der Waals surface area contributed by atoms with Crippen LogP contribution in [0.25, 0.3) is 0 Å². The molecule has 1 aromatic carbocycles. The molecule has 1 aliphatic heterocycles. The summed E-state index contributed by atoms with van der Waals surface area (Å²) in [6, 6.07) is 8.72. The lowest BCUT2D eigenvalue weighted by Crippen LogP contribution is -2.52. The molecule has 3 rings (SSSR count). The average molecular weight is 358 g/mol. The van der Waals surface area contributed by atoms with E-state index in [-0.39, 0.29) is 11.8 Å². The molecule has 0 spiro atoms. The topological polar surface area (TPSA) is 60.9 Å². The highest BCUT2D eigenvalue weighted by Crippen LogP contribution is 2.32. The van der Waals surface area contributed by atoms with Gasteiger partial charge in [-0.15, -0.1) is 0 Å². The first-order valence-corrected chi connectivity index (χ1v) is 9.95. The van der Waals surface area contributed by atoms with Crippen LogP contribution in [-0.2, 0) is 16.0 Å². The molecule has 2 aliphatic rings. The van der Waals surface area contributed by atoms with E-state index in [9.17, 15) is 14.7 Å². The highest BCUT2D eigenvalue weighted by molar-refractivity contribution is 5.85. The van der Waals surface area contributed by atoms with Crippen LogP contribution in [0.3, 0.4) is 0 Å². The molecule has 2 atom stereocenters. The van der Waals surface area contributed by atoms with E-state index in [2.05, 4.69) is 36.1 Å². The number of rotatable bonds is 5. The van der Waals surface area contributed by atoms with Crippen molar-refractivity contribution in [2.45, 2.75) is 45.4 Å². The van der Waals surface area contributed by atoms with Gasteiger partial charge in [0.15, 0.2) is 0 Å². The normalized spacial score (nSPS) is 23.7. The van der Waals surface area contributed by atoms with Crippen molar-refractivity contribution in [2.24, 2.45) is 11.8 Å². The van der Waals surface area contributed by atoms with Crippen LogP contribution in [0.15, 0.2) is 24.3 Å². The number of carbonyl (C=O) groups excluding carboxylic acids is 1. The van der Waals surface area contributed by atoms with Gasteiger partial charge >= 0.3 is 5.97 Å². The molecule has 1 aliphatic carbocycles. The Labute approximate surface area is 156 Å². The lowest BCUT2D eigenvalue weighted by Gasteiger charge is -2.39. The largest absolute Gasteiger partial charge is 0.481 e. The first-order chi connectivity index (χ1) is 12.6. The van der Waals surface area contributed by atoms with Crippen LogP contribution in [0.4, 0.5) is 5.69 Å². The van der Waals surface area contributed by atoms with Crippen LogP contribution in [0.5, 0.6) is 0 Å². The second-order valence-corrected chi connectivity index (χ2v) is 7.56. The standard InChI is InChI=1S/C21H30N2O3/c1-2-5-16-8-10-17(11-9-16)22-12-14-23(15-13-22)20(24)18-6-3-4-7-19(18)21(25)26/h8-11,18-19H,2-7,12-15H2,1H3,(H,25,26)/t18-,19-/m0/s1. The summed E-state index contributed by atoms with van der Waals surface area (Å²) in [4.78, 5) is 28.6. The van der Waals surface area contributed by atoms with Crippen molar-refractivity contribution in [2.75, 3.05) is 31.1 Å². The Morgan fingerprint density at radius 2 is 1.62 bits per heavy atom. The molecular formula is C21H30N2O3. The highest BCUT2D eigenvalue weighted by atomic mass is 16.4. The van der Waals surface area contributed by atoms with Gasteiger partial charge in [-0.25, -0.2) is 0 Å². The van der Waals surface area contributed by atoms with E-state index in [4.69, 9.17) is 0 Å². The number of piperazine rings is 1. The van der Waals surface area contributed by atoms with Gasteiger partial charge in [0.2, 0.25) is 5.91 Å². The van der Waals surface area contributed by atoms with Crippen LogP contribution in [-0.4, -0.2) is 48.1 Å². The molecule has 142 valence electrons. The first-order valence-electron chi connectivity index (χ1n) is 9.95. The summed E-state index contributed by atoms with van der Waals surface area (Å²) in [6.45, 7) is 5.16. The van der Waals surface area contributed by atoms with E-state index in [1.807, 2.05) is 4.90 Å². The number of aryl methyl sites for hydroxylation is 1. The Balaban J connectivity index is 1.57. The molecule has 1 saturated heterocycles. The van der Waals surface area contributed by atoms with Gasteiger partial charge in [-0.1, -0.05) is 38.3 Å². The molecule has 0 unspecified atom stereocenters. The predicted molar refractivity (Wildman–Crippen MR) is 102 cm³/mol. The van der Waals surface area contributed by atoms with E-state index in [1.165, 1.54) is 11.3 Å². The Bertz CT molecular complexity index is 621. The Morgan fingerprint density at radius 3 is 2.19 bits per heavy atom. The monoisotopic (exact) mass is 358 g/mol. The fourth-order valence-electron chi connectivity index (χ4n) is 4.30. The van der Waals surface area contributed by atoms with Crippen LogP contribution >= 0.6 is 0 Å². The fraction of sp³-hybridized carbons (Fsp3) is 0.619. The Kier molecular flexibility index (Phi) is 6.17. The molecule has 5 heteroatoms. The maximum Gasteiger partial charge on any atom is 0.307 e. The van der Waals surface area contributed by atoms with Gasteiger partial charge in [0.05, 0.1) is 11.8 Å². The molecule has 0 bridgehead atoms. The van der Waals surface area contributed by atoms with Crippen LogP contribution in [0.1, 0.15) is 44.6 Å². The zero-order chi connectivity index (χ0) is 18.5. The molecule has 1 saturated carbocycles. The third kappa shape index (κ3) is 4.19. The minimum Gasteiger partial charge on any atom is -0.481 e. The van der Waals surface area contributed by atoms with Gasteiger partial charge in [0.1, 0.15) is 0 Å². The molecule has 0 radical (unpaired) electrons. The number of amides is 1. The minimum atomic E-state index is -0.811. The van der Waals surface area contributed by atoms with Gasteiger partial charge in [-0.2, -0.15) is 0 Å². The molecule has 26 heavy (non-hydrogen) atoms. The second-order valence-electron chi connectivity index (χ2n) is 7.56. The van der Waals surface area contributed by atoms with Crippen LogP contribution < -0.4 is 4.90 Å². The van der Waals surface area contributed by atoms with Gasteiger partial charge < -0.3 is 14.9 Å². The molecule has 1 heterocycles. The van der Waals surface area contributed by atoms with Crippen molar-refractivity contribution in [1.29, 1.82) is 0 Å². The van der Waals surface area contributed by atoms with E-state index in [0.29, 0.717) is 19.5 Å². The van der Waals surface area contributed by atoms with Crippen molar-refractivity contribution < 1.29 is 14.7 Å². The third-order valence-corrected chi connectivity index (χ3v) is 5.83. The van der Waals surface area contributed by atoms with Crippen LogP contribution in [0.2, 0.25) is 0 Å². The van der Waals surface area contributed by atoms with Crippen molar-refractivity contribution >= 4 is 17.6 Å². The Morgan fingerprint density at radius 1 is 1.00 bits per heavy atom. The third-order valence-electron chi connectivity index (χ3n) is 5.83. The van der Waals surface area contributed by atoms with Crippen molar-refractivity contribution in [3.8, 4) is 0 Å². The number of aliphatic carboxylic acids is 1. The number of anilines is 1. The Hall–Kier alpha value is -2.04. The molecule has 1 N–H and O–H groups in total. The highest BCUT2D eigenvalue weighted by Gasteiger charge is 2.38. The molecular weight excluding hydrogens is 328 g/mol. The maximum absolute atomic E-state index is 12.9. The average Bonchev–Trinajstić information content (AvgIpc) is 2.68. The van der Waals surface area contributed by atoms with Gasteiger partial charge in [-0.3, -0.25) is 9.59 Å². The van der Waals surface area contributed by atoms with Crippen molar-refractivity contribution in [3.63, 3.8) is 0 Å². The number of hydrogen-bond acceptors (Lipinski definition) is 3. The number of carboxylic acids is 1. The molecule has 0 aromatic heterocycles. The van der Waals surface area contributed by atoms with Gasteiger partial charge in [-0.05, 0) is 37.0 Å². The summed E-state index contributed by atoms with van der Waals surface area (Å²) in [5.41, 5.74) is 2.57. The summed E-state index contributed by atoms with van der Waals surface area (Å²) in [5, 5.41) is 9.43. The molecule has 5 nitrogen and oxygen atoms in total. The molecule has 1 amide bonds. The van der Waals surface area contributed by atoms with Gasteiger partial charge in [0, 0.05) is 31.9 Å². The summed E-state index contributed by atoms with van der Waals surface area (Å²) in [5.74, 6) is -1.59. The lowest BCUT2D eigenvalue weighted by atomic mass is 9.78. The summed E-state index contributed by atoms with van der Waals surface area (Å²) < 4.78 is 0. The van der Waals surface area contributed by atoms with Crippen molar-refractivity contribution in [1.82, 2.24) is 4.90 Å². The zero-order valence-corrected chi connectivity index (χ0v) is 15.7. The number of nitrogens with zero attached hydrogens (tertiary/aromatic N) is 2. The summed E-state index contributed by atoms with van der Waals surface area (Å²) >= 11 is 0. The quantitative estimate of drug-likeness (QED) is 0.878. The lowest BCUT2D eigenvalue weighted by molar-refractivity contribution is -0.152. The predicted octanol–water partition coefficient (Wildman–Crippen LogP) is 3.18. The zero-order valence-electron chi connectivity index (χ0n) is 15.7. The summed E-state index contributed by atoms with van der Waals surface area (Å²) in [6.07, 6.45) is 5.49. The first kappa shape index (κ1) is 18.7. The maximum atomic E-state index is 12.9. The summed E-state index contributed by atoms with van der Waals surface area (Å²) in [7, 11) is 0. The van der Waals surface area contributed by atoms with Crippen LogP contribution in [0, 0.1) is 11.8 Å². The number of carboxylic acid groups (broad SMARTS) is 1. The SMILES string of the molecule is CCCc1ccc(N2CCN(C(=O)[C@H]3CCCC[C@@H]3C(=O)O)CC2)cc1. The molecule has 1 aromatic rings. The number of benzene rings is 1. The number of hydrogen-bond donors (Lipinski definition) is 1. The fourth-order valence-corrected chi connectivity index (χ4v) is 4.30.